The third-order valence-corrected chi connectivity index (χ3v) is 5.25. The fourth-order valence-corrected chi connectivity index (χ4v) is 3.53. The molecule has 1 amide bonds. The van der Waals surface area contributed by atoms with Gasteiger partial charge in [0.1, 0.15) is 5.75 Å². The van der Waals surface area contributed by atoms with E-state index in [1.165, 1.54) is 11.1 Å². The minimum absolute atomic E-state index is 0.219. The molecule has 2 fully saturated rings. The van der Waals surface area contributed by atoms with Crippen LogP contribution >= 0.6 is 0 Å². The summed E-state index contributed by atoms with van der Waals surface area (Å²) in [5.74, 6) is 1.07. The molecule has 1 aromatic rings. The molecule has 2 aliphatic rings. The molecule has 0 bridgehead atoms. The molecule has 1 unspecified atom stereocenters. The fraction of sp³-hybridized carbons (Fsp3) is 0.632. The van der Waals surface area contributed by atoms with Crippen molar-refractivity contribution in [2.24, 2.45) is 0 Å². The molecule has 0 spiro atoms. The van der Waals surface area contributed by atoms with E-state index >= 15 is 0 Å². The Hall–Kier alpha value is -1.59. The van der Waals surface area contributed by atoms with Gasteiger partial charge in [-0.1, -0.05) is 6.07 Å². The van der Waals surface area contributed by atoms with Gasteiger partial charge in [0.15, 0.2) is 0 Å². The van der Waals surface area contributed by atoms with Crippen LogP contribution in [-0.4, -0.2) is 67.6 Å². The van der Waals surface area contributed by atoms with Crippen molar-refractivity contribution in [3.63, 3.8) is 0 Å². The van der Waals surface area contributed by atoms with E-state index in [-0.39, 0.29) is 5.91 Å². The number of benzene rings is 1. The van der Waals surface area contributed by atoms with E-state index in [1.54, 1.807) is 0 Å². The Morgan fingerprint density at radius 2 is 2.00 bits per heavy atom. The van der Waals surface area contributed by atoms with Crippen molar-refractivity contribution < 1.29 is 9.53 Å². The number of hydrogen-bond donors (Lipinski definition) is 1. The van der Waals surface area contributed by atoms with Crippen molar-refractivity contribution in [2.45, 2.75) is 32.7 Å². The first-order valence-corrected chi connectivity index (χ1v) is 9.06. The molecule has 132 valence electrons. The van der Waals surface area contributed by atoms with Gasteiger partial charge in [0.05, 0.1) is 13.0 Å². The summed E-state index contributed by atoms with van der Waals surface area (Å²) in [5.41, 5.74) is 2.48. The smallest absolute Gasteiger partial charge is 0.226 e. The molecule has 5 nitrogen and oxygen atoms in total. The number of nitrogens with zero attached hydrogens (tertiary/aromatic N) is 2. The van der Waals surface area contributed by atoms with Crippen molar-refractivity contribution >= 4 is 5.91 Å². The summed E-state index contributed by atoms with van der Waals surface area (Å²) >= 11 is 0. The number of carbonyl (C=O) groups is 1. The number of amides is 1. The van der Waals surface area contributed by atoms with Gasteiger partial charge < -0.3 is 15.0 Å². The maximum absolute atomic E-state index is 12.4. The number of piperazine rings is 1. The predicted octanol–water partition coefficient (Wildman–Crippen LogP) is 1.58. The summed E-state index contributed by atoms with van der Waals surface area (Å²) in [6, 6.07) is 6.61. The first-order chi connectivity index (χ1) is 11.6. The first-order valence-electron chi connectivity index (χ1n) is 9.06. The molecule has 1 atom stereocenters. The Labute approximate surface area is 145 Å². The summed E-state index contributed by atoms with van der Waals surface area (Å²) in [4.78, 5) is 16.9. The van der Waals surface area contributed by atoms with Crippen LogP contribution in [0, 0.1) is 13.8 Å². The number of aryl methyl sites for hydroxylation is 2. The zero-order valence-electron chi connectivity index (χ0n) is 14.9. The van der Waals surface area contributed by atoms with E-state index in [4.69, 9.17) is 4.74 Å². The molecule has 2 saturated heterocycles. The molecule has 1 aromatic carbocycles. The monoisotopic (exact) mass is 331 g/mol. The average molecular weight is 331 g/mol. The van der Waals surface area contributed by atoms with Crippen LogP contribution in [-0.2, 0) is 4.79 Å². The van der Waals surface area contributed by atoms with Crippen molar-refractivity contribution in [3.05, 3.63) is 29.3 Å². The van der Waals surface area contributed by atoms with Crippen LogP contribution in [0.25, 0.3) is 0 Å². The molecule has 2 heterocycles. The van der Waals surface area contributed by atoms with E-state index in [0.717, 1.165) is 51.4 Å². The number of hydrogen-bond acceptors (Lipinski definition) is 4. The van der Waals surface area contributed by atoms with Crippen LogP contribution in [0.5, 0.6) is 5.75 Å². The Morgan fingerprint density at radius 1 is 1.21 bits per heavy atom. The number of likely N-dealkylation sites (tertiary alicyclic amines) is 1. The van der Waals surface area contributed by atoms with Gasteiger partial charge in [-0.15, -0.1) is 0 Å². The molecule has 0 saturated carbocycles. The first kappa shape index (κ1) is 17.2. The van der Waals surface area contributed by atoms with E-state index in [1.807, 2.05) is 17.0 Å². The number of ether oxygens (including phenoxy) is 1. The standard InChI is InChI=1S/C19H29N3O2/c1-15-3-4-18(13-16(15)2)24-12-6-19(23)22-9-5-17(14-22)21-10-7-20-8-11-21/h3-4,13,17,20H,5-12,14H2,1-2H3. The molecule has 2 aliphatic heterocycles. The molecule has 0 radical (unpaired) electrons. The third-order valence-electron chi connectivity index (χ3n) is 5.25. The predicted molar refractivity (Wildman–Crippen MR) is 95.5 cm³/mol. The van der Waals surface area contributed by atoms with Crippen LogP contribution in [0.3, 0.4) is 0 Å². The molecular formula is C19H29N3O2. The molecule has 0 aliphatic carbocycles. The molecular weight excluding hydrogens is 302 g/mol. The zero-order chi connectivity index (χ0) is 16.9. The number of nitrogens with one attached hydrogen (secondary N) is 1. The van der Waals surface area contributed by atoms with Crippen LogP contribution in [0.1, 0.15) is 24.0 Å². The summed E-state index contributed by atoms with van der Waals surface area (Å²) in [5, 5.41) is 3.38. The van der Waals surface area contributed by atoms with Gasteiger partial charge in [-0.25, -0.2) is 0 Å². The largest absolute Gasteiger partial charge is 0.493 e. The van der Waals surface area contributed by atoms with Gasteiger partial charge in [0.25, 0.3) is 0 Å². The second-order valence-electron chi connectivity index (χ2n) is 6.91. The highest BCUT2D eigenvalue weighted by Gasteiger charge is 2.30. The highest BCUT2D eigenvalue weighted by atomic mass is 16.5. The highest BCUT2D eigenvalue weighted by Crippen LogP contribution is 2.18. The van der Waals surface area contributed by atoms with Crippen LogP contribution in [0.2, 0.25) is 0 Å². The number of carbonyl (C=O) groups excluding carboxylic acids is 1. The van der Waals surface area contributed by atoms with Crippen LogP contribution in [0.15, 0.2) is 18.2 Å². The van der Waals surface area contributed by atoms with Gasteiger partial charge in [-0.2, -0.15) is 0 Å². The molecule has 24 heavy (non-hydrogen) atoms. The van der Waals surface area contributed by atoms with Gasteiger partial charge in [0, 0.05) is 45.3 Å². The maximum atomic E-state index is 12.4. The lowest BCUT2D eigenvalue weighted by molar-refractivity contribution is -0.130. The molecule has 3 rings (SSSR count). The Kier molecular flexibility index (Phi) is 5.74. The van der Waals surface area contributed by atoms with E-state index in [2.05, 4.69) is 30.1 Å². The Morgan fingerprint density at radius 3 is 2.75 bits per heavy atom. The fourth-order valence-electron chi connectivity index (χ4n) is 3.53. The summed E-state index contributed by atoms with van der Waals surface area (Å²) in [6.07, 6.45) is 1.56. The molecule has 5 heteroatoms. The Bertz CT molecular complexity index is 570. The normalized spacial score (nSPS) is 21.9. The van der Waals surface area contributed by atoms with E-state index in [9.17, 15) is 4.79 Å². The van der Waals surface area contributed by atoms with Crippen molar-refractivity contribution in [3.8, 4) is 5.75 Å². The topological polar surface area (TPSA) is 44.8 Å². The minimum Gasteiger partial charge on any atom is -0.493 e. The van der Waals surface area contributed by atoms with Crippen LogP contribution in [0.4, 0.5) is 0 Å². The van der Waals surface area contributed by atoms with Gasteiger partial charge in [-0.3, -0.25) is 9.69 Å². The Balaban J connectivity index is 1.41. The molecule has 1 N–H and O–H groups in total. The minimum atomic E-state index is 0.219. The average Bonchev–Trinajstić information content (AvgIpc) is 3.09. The third kappa shape index (κ3) is 4.28. The highest BCUT2D eigenvalue weighted by molar-refractivity contribution is 5.76. The van der Waals surface area contributed by atoms with Gasteiger partial charge in [0.2, 0.25) is 5.91 Å². The van der Waals surface area contributed by atoms with Crippen molar-refractivity contribution in [2.75, 3.05) is 45.9 Å². The van der Waals surface area contributed by atoms with E-state index < -0.39 is 0 Å². The van der Waals surface area contributed by atoms with Crippen LogP contribution < -0.4 is 10.1 Å². The molecule has 0 aromatic heterocycles. The SMILES string of the molecule is Cc1ccc(OCCC(=O)N2CCC(N3CCNCC3)C2)cc1C. The quantitative estimate of drug-likeness (QED) is 0.890. The number of rotatable bonds is 5. The van der Waals surface area contributed by atoms with Crippen molar-refractivity contribution in [1.82, 2.24) is 15.1 Å². The summed E-state index contributed by atoms with van der Waals surface area (Å²) < 4.78 is 5.75. The maximum Gasteiger partial charge on any atom is 0.226 e. The lowest BCUT2D eigenvalue weighted by Crippen LogP contribution is -2.49. The van der Waals surface area contributed by atoms with Crippen molar-refractivity contribution in [1.29, 1.82) is 0 Å². The second-order valence-corrected chi connectivity index (χ2v) is 6.91. The lowest BCUT2D eigenvalue weighted by Gasteiger charge is -2.32. The lowest BCUT2D eigenvalue weighted by atomic mass is 10.1. The summed E-state index contributed by atoms with van der Waals surface area (Å²) in [7, 11) is 0. The van der Waals surface area contributed by atoms with Gasteiger partial charge in [-0.05, 0) is 43.5 Å². The van der Waals surface area contributed by atoms with E-state index in [0.29, 0.717) is 19.1 Å². The zero-order valence-corrected chi connectivity index (χ0v) is 14.9. The summed E-state index contributed by atoms with van der Waals surface area (Å²) in [6.45, 7) is 10.7. The van der Waals surface area contributed by atoms with Gasteiger partial charge >= 0.3 is 0 Å². The second kappa shape index (κ2) is 7.99.